The standard InChI is InChI=1S/C15H16ClN5OS/c1-21-15(18-19-20-21)23-9-8-17-10-11-6-7-14(22-11)12-4-2-3-5-13(12)16/h2-7,17H,8-10H2,1H3/p+1. The highest BCUT2D eigenvalue weighted by molar-refractivity contribution is 7.99. The fourth-order valence-electron chi connectivity index (χ4n) is 2.11. The van der Waals surface area contributed by atoms with Crippen molar-refractivity contribution in [1.29, 1.82) is 0 Å². The molecular formula is C15H17ClN5OS+. The summed E-state index contributed by atoms with van der Waals surface area (Å²) in [5.41, 5.74) is 0.922. The summed E-state index contributed by atoms with van der Waals surface area (Å²) in [6.45, 7) is 1.75. The molecule has 2 N–H and O–H groups in total. The number of nitrogens with zero attached hydrogens (tertiary/aromatic N) is 4. The molecule has 0 aliphatic heterocycles. The van der Waals surface area contributed by atoms with Crippen molar-refractivity contribution in [1.82, 2.24) is 20.2 Å². The largest absolute Gasteiger partial charge is 0.455 e. The molecule has 0 bridgehead atoms. The fourth-order valence-corrected chi connectivity index (χ4v) is 3.13. The number of furan rings is 1. The van der Waals surface area contributed by atoms with Gasteiger partial charge in [-0.2, -0.15) is 0 Å². The van der Waals surface area contributed by atoms with Gasteiger partial charge in [0.05, 0.1) is 17.3 Å². The number of hydrogen-bond acceptors (Lipinski definition) is 5. The summed E-state index contributed by atoms with van der Waals surface area (Å²) in [4.78, 5) is 0. The molecular weight excluding hydrogens is 334 g/mol. The van der Waals surface area contributed by atoms with Crippen LogP contribution in [0.2, 0.25) is 5.02 Å². The highest BCUT2D eigenvalue weighted by Gasteiger charge is 2.09. The quantitative estimate of drug-likeness (QED) is 0.521. The van der Waals surface area contributed by atoms with Crippen LogP contribution < -0.4 is 5.32 Å². The number of aryl methyl sites for hydroxylation is 1. The zero-order chi connectivity index (χ0) is 16.1. The Kier molecular flexibility index (Phi) is 5.32. The average Bonchev–Trinajstić information content (AvgIpc) is 3.17. The number of aromatic nitrogens is 4. The molecule has 0 fully saturated rings. The summed E-state index contributed by atoms with van der Waals surface area (Å²) in [5, 5.41) is 15.1. The number of benzene rings is 1. The van der Waals surface area contributed by atoms with E-state index in [9.17, 15) is 0 Å². The first kappa shape index (κ1) is 16.0. The first-order valence-corrected chi connectivity index (χ1v) is 8.61. The van der Waals surface area contributed by atoms with Gasteiger partial charge in [-0.15, -0.1) is 5.10 Å². The lowest BCUT2D eigenvalue weighted by molar-refractivity contribution is -0.668. The van der Waals surface area contributed by atoms with Crippen LogP contribution in [-0.4, -0.2) is 32.5 Å². The van der Waals surface area contributed by atoms with Crippen LogP contribution in [0.3, 0.4) is 0 Å². The highest BCUT2D eigenvalue weighted by Crippen LogP contribution is 2.28. The lowest BCUT2D eigenvalue weighted by Crippen LogP contribution is -2.83. The molecule has 6 nitrogen and oxygen atoms in total. The van der Waals surface area contributed by atoms with Crippen molar-refractivity contribution < 1.29 is 9.73 Å². The second-order valence-corrected chi connectivity index (χ2v) is 6.43. The lowest BCUT2D eigenvalue weighted by atomic mass is 10.2. The maximum absolute atomic E-state index is 6.19. The smallest absolute Gasteiger partial charge is 0.209 e. The molecule has 120 valence electrons. The second kappa shape index (κ2) is 7.63. The normalized spacial score (nSPS) is 11.0. The van der Waals surface area contributed by atoms with Gasteiger partial charge < -0.3 is 9.73 Å². The molecule has 0 atom stereocenters. The maximum atomic E-state index is 6.19. The summed E-state index contributed by atoms with van der Waals surface area (Å²) < 4.78 is 7.54. The van der Waals surface area contributed by atoms with E-state index in [1.54, 1.807) is 16.4 Å². The predicted octanol–water partition coefficient (Wildman–Crippen LogP) is 1.98. The van der Waals surface area contributed by atoms with E-state index in [4.69, 9.17) is 16.0 Å². The summed E-state index contributed by atoms with van der Waals surface area (Å²) in [7, 11) is 1.84. The Labute approximate surface area is 143 Å². The van der Waals surface area contributed by atoms with Gasteiger partial charge in [0.25, 0.3) is 0 Å². The van der Waals surface area contributed by atoms with Crippen molar-refractivity contribution in [3.63, 3.8) is 0 Å². The molecule has 0 radical (unpaired) electrons. The van der Waals surface area contributed by atoms with Crippen LogP contribution in [0.25, 0.3) is 11.3 Å². The van der Waals surface area contributed by atoms with Gasteiger partial charge in [0.1, 0.15) is 12.3 Å². The van der Waals surface area contributed by atoms with E-state index in [0.717, 1.165) is 41.1 Å². The van der Waals surface area contributed by atoms with Crippen molar-refractivity contribution in [2.24, 2.45) is 7.05 Å². The topological polar surface area (TPSA) is 73.3 Å². The molecule has 1 aromatic carbocycles. The third-order valence-corrected chi connectivity index (χ3v) is 4.65. The number of nitrogens with two attached hydrogens (primary N) is 1. The minimum atomic E-state index is 0.700. The Hall–Kier alpha value is -1.83. The second-order valence-electron chi connectivity index (χ2n) is 4.96. The molecule has 0 amide bonds. The maximum Gasteiger partial charge on any atom is 0.209 e. The van der Waals surface area contributed by atoms with Crippen LogP contribution in [0.4, 0.5) is 0 Å². The monoisotopic (exact) mass is 350 g/mol. The molecule has 8 heteroatoms. The zero-order valence-electron chi connectivity index (χ0n) is 12.6. The van der Waals surface area contributed by atoms with Gasteiger partial charge in [-0.05, 0) is 34.7 Å². The van der Waals surface area contributed by atoms with Crippen LogP contribution in [0, 0.1) is 0 Å². The Bertz CT molecular complexity index is 773. The number of rotatable bonds is 7. The number of quaternary nitrogens is 1. The molecule has 3 aromatic rings. The van der Waals surface area contributed by atoms with E-state index in [-0.39, 0.29) is 0 Å². The molecule has 3 rings (SSSR count). The van der Waals surface area contributed by atoms with Gasteiger partial charge in [0.15, 0.2) is 5.76 Å². The van der Waals surface area contributed by atoms with E-state index in [2.05, 4.69) is 20.8 Å². The van der Waals surface area contributed by atoms with Crippen molar-refractivity contribution >= 4 is 23.4 Å². The minimum Gasteiger partial charge on any atom is -0.455 e. The number of hydrogen-bond donors (Lipinski definition) is 1. The summed E-state index contributed by atoms with van der Waals surface area (Å²) in [6.07, 6.45) is 0. The lowest BCUT2D eigenvalue weighted by Gasteiger charge is -2.01. The number of tetrazole rings is 1. The summed E-state index contributed by atoms with van der Waals surface area (Å²) >= 11 is 7.83. The van der Waals surface area contributed by atoms with Crippen LogP contribution in [0.1, 0.15) is 5.76 Å². The van der Waals surface area contributed by atoms with Gasteiger partial charge in [0, 0.05) is 12.6 Å². The van der Waals surface area contributed by atoms with E-state index in [1.165, 1.54) is 0 Å². The first-order chi connectivity index (χ1) is 11.2. The van der Waals surface area contributed by atoms with Crippen LogP contribution >= 0.6 is 23.4 Å². The van der Waals surface area contributed by atoms with Crippen molar-refractivity contribution in [3.8, 4) is 11.3 Å². The predicted molar refractivity (Wildman–Crippen MR) is 89.2 cm³/mol. The Morgan fingerprint density at radius 1 is 1.26 bits per heavy atom. The molecule has 0 aliphatic carbocycles. The first-order valence-electron chi connectivity index (χ1n) is 7.24. The molecule has 0 unspecified atom stereocenters. The molecule has 23 heavy (non-hydrogen) atoms. The third kappa shape index (κ3) is 4.13. The Morgan fingerprint density at radius 3 is 2.91 bits per heavy atom. The summed E-state index contributed by atoms with van der Waals surface area (Å²) in [5.74, 6) is 2.68. The van der Waals surface area contributed by atoms with Gasteiger partial charge in [-0.1, -0.05) is 35.5 Å². The van der Waals surface area contributed by atoms with Crippen molar-refractivity contribution in [2.75, 3.05) is 12.3 Å². The van der Waals surface area contributed by atoms with Gasteiger partial charge in [-0.3, -0.25) is 0 Å². The minimum absolute atomic E-state index is 0.700. The average molecular weight is 351 g/mol. The van der Waals surface area contributed by atoms with Crippen molar-refractivity contribution in [2.45, 2.75) is 11.7 Å². The molecule has 0 saturated heterocycles. The van der Waals surface area contributed by atoms with Crippen LogP contribution in [0.15, 0.2) is 46.0 Å². The van der Waals surface area contributed by atoms with Crippen LogP contribution in [0.5, 0.6) is 0 Å². The van der Waals surface area contributed by atoms with E-state index in [1.807, 2.05) is 43.4 Å². The molecule has 0 spiro atoms. The van der Waals surface area contributed by atoms with E-state index in [0.29, 0.717) is 5.02 Å². The van der Waals surface area contributed by atoms with Gasteiger partial charge >= 0.3 is 0 Å². The molecule has 2 heterocycles. The molecule has 0 saturated carbocycles. The Balaban J connectivity index is 1.46. The SMILES string of the molecule is Cn1nnnc1SCC[NH2+]Cc1ccc(-c2ccccc2Cl)o1. The van der Waals surface area contributed by atoms with Gasteiger partial charge in [0.2, 0.25) is 5.16 Å². The number of thioether (sulfide) groups is 1. The van der Waals surface area contributed by atoms with E-state index >= 15 is 0 Å². The Morgan fingerprint density at radius 2 is 2.13 bits per heavy atom. The van der Waals surface area contributed by atoms with Crippen LogP contribution in [-0.2, 0) is 13.6 Å². The van der Waals surface area contributed by atoms with Crippen molar-refractivity contribution in [3.05, 3.63) is 47.2 Å². The van der Waals surface area contributed by atoms with E-state index < -0.39 is 0 Å². The molecule has 2 aromatic heterocycles. The third-order valence-electron chi connectivity index (χ3n) is 3.28. The van der Waals surface area contributed by atoms with Gasteiger partial charge in [-0.25, -0.2) is 4.68 Å². The zero-order valence-corrected chi connectivity index (χ0v) is 14.2. The number of halogens is 1. The highest BCUT2D eigenvalue weighted by atomic mass is 35.5. The fraction of sp³-hybridized carbons (Fsp3) is 0.267. The summed E-state index contributed by atoms with van der Waals surface area (Å²) in [6, 6.07) is 11.6. The molecule has 0 aliphatic rings.